The zero-order chi connectivity index (χ0) is 25.7. The number of benzene rings is 2. The standard InChI is InChI=1S/C25H21F2N3O4S2/c1-33-22-7-5-15(26)10-18(22)20(31)13-30-25(28-24(29-30)12-17-4-3-9-35-17)36-14-21(32)19-11-16(27)6-8-23(19)34-2/h3-11H,12-14H2,1-2H3. The van der Waals surface area contributed by atoms with Crippen LogP contribution in [0.2, 0.25) is 0 Å². The highest BCUT2D eigenvalue weighted by atomic mass is 32.2. The van der Waals surface area contributed by atoms with E-state index >= 15 is 0 Å². The van der Waals surface area contributed by atoms with Gasteiger partial charge in [0.1, 0.15) is 29.7 Å². The molecule has 2 heterocycles. The van der Waals surface area contributed by atoms with Crippen molar-refractivity contribution in [3.63, 3.8) is 0 Å². The van der Waals surface area contributed by atoms with Crippen LogP contribution in [0.15, 0.2) is 59.1 Å². The lowest BCUT2D eigenvalue weighted by Gasteiger charge is -2.10. The summed E-state index contributed by atoms with van der Waals surface area (Å²) in [5, 5.41) is 6.73. The number of thiophene rings is 1. The number of hydrogen-bond acceptors (Lipinski definition) is 8. The van der Waals surface area contributed by atoms with Crippen LogP contribution in [0.25, 0.3) is 0 Å². The van der Waals surface area contributed by atoms with E-state index in [9.17, 15) is 18.4 Å². The van der Waals surface area contributed by atoms with Gasteiger partial charge in [0, 0.05) is 11.3 Å². The first-order chi connectivity index (χ1) is 17.4. The Morgan fingerprint density at radius 3 is 2.19 bits per heavy atom. The molecular formula is C25H21F2N3O4S2. The van der Waals surface area contributed by atoms with Gasteiger partial charge in [-0.2, -0.15) is 5.10 Å². The van der Waals surface area contributed by atoms with E-state index in [0.717, 1.165) is 28.8 Å². The predicted molar refractivity (Wildman–Crippen MR) is 132 cm³/mol. The molecule has 0 aliphatic carbocycles. The molecule has 11 heteroatoms. The maximum Gasteiger partial charge on any atom is 0.188 e. The number of ether oxygens (including phenoxy) is 2. The second-order valence-electron chi connectivity index (χ2n) is 7.55. The maximum absolute atomic E-state index is 13.8. The topological polar surface area (TPSA) is 83.3 Å². The number of methoxy groups -OCH3 is 2. The summed E-state index contributed by atoms with van der Waals surface area (Å²) in [7, 11) is 2.79. The molecule has 4 aromatic rings. The number of rotatable bonds is 11. The van der Waals surface area contributed by atoms with Crippen molar-refractivity contribution in [1.29, 1.82) is 0 Å². The third-order valence-electron chi connectivity index (χ3n) is 5.14. The molecule has 0 saturated carbocycles. The molecule has 186 valence electrons. The van der Waals surface area contributed by atoms with Crippen LogP contribution < -0.4 is 9.47 Å². The molecule has 0 N–H and O–H groups in total. The van der Waals surface area contributed by atoms with Crippen LogP contribution in [0.3, 0.4) is 0 Å². The number of halogens is 2. The molecule has 0 fully saturated rings. The Hall–Kier alpha value is -3.57. The molecule has 36 heavy (non-hydrogen) atoms. The third-order valence-corrected chi connectivity index (χ3v) is 6.99. The Morgan fingerprint density at radius 2 is 1.61 bits per heavy atom. The first-order valence-corrected chi connectivity index (χ1v) is 12.6. The molecule has 0 atom stereocenters. The van der Waals surface area contributed by atoms with Gasteiger partial charge in [0.25, 0.3) is 0 Å². The van der Waals surface area contributed by atoms with Crippen LogP contribution in [0.1, 0.15) is 31.4 Å². The minimum absolute atomic E-state index is 0.0735. The van der Waals surface area contributed by atoms with E-state index in [1.165, 1.54) is 43.2 Å². The number of carbonyl (C=O) groups is 2. The summed E-state index contributed by atoms with van der Waals surface area (Å²) < 4.78 is 39.3. The molecular weight excluding hydrogens is 508 g/mol. The zero-order valence-electron chi connectivity index (χ0n) is 19.4. The molecule has 0 amide bonds. The number of ketones is 2. The van der Waals surface area contributed by atoms with Crippen molar-refractivity contribution in [3.8, 4) is 11.5 Å². The van der Waals surface area contributed by atoms with Crippen LogP contribution >= 0.6 is 23.1 Å². The monoisotopic (exact) mass is 529 g/mol. The van der Waals surface area contributed by atoms with Gasteiger partial charge in [0.05, 0.1) is 31.1 Å². The first kappa shape index (κ1) is 25.5. The van der Waals surface area contributed by atoms with Crippen molar-refractivity contribution >= 4 is 34.7 Å². The van der Waals surface area contributed by atoms with Gasteiger partial charge in [-0.25, -0.2) is 18.4 Å². The number of nitrogens with zero attached hydrogens (tertiary/aromatic N) is 3. The fourth-order valence-electron chi connectivity index (χ4n) is 3.45. The fourth-order valence-corrected chi connectivity index (χ4v) is 4.99. The van der Waals surface area contributed by atoms with Crippen molar-refractivity contribution in [2.24, 2.45) is 0 Å². The second-order valence-corrected chi connectivity index (χ2v) is 9.52. The number of Topliss-reactive ketones (excluding diaryl/α,β-unsaturated/α-hetero) is 2. The van der Waals surface area contributed by atoms with Crippen LogP contribution in [-0.2, 0) is 13.0 Å². The lowest BCUT2D eigenvalue weighted by molar-refractivity contribution is 0.0959. The average molecular weight is 530 g/mol. The van der Waals surface area contributed by atoms with E-state index in [1.54, 1.807) is 11.3 Å². The van der Waals surface area contributed by atoms with Gasteiger partial charge in [-0.05, 0) is 47.8 Å². The van der Waals surface area contributed by atoms with E-state index in [-0.39, 0.29) is 40.7 Å². The lowest BCUT2D eigenvalue weighted by atomic mass is 10.1. The van der Waals surface area contributed by atoms with E-state index in [2.05, 4.69) is 10.1 Å². The van der Waals surface area contributed by atoms with Crippen LogP contribution in [0.5, 0.6) is 11.5 Å². The van der Waals surface area contributed by atoms with Gasteiger partial charge in [0.15, 0.2) is 22.5 Å². The minimum Gasteiger partial charge on any atom is -0.496 e. The summed E-state index contributed by atoms with van der Waals surface area (Å²) in [6.07, 6.45) is 0.446. The summed E-state index contributed by atoms with van der Waals surface area (Å²) >= 11 is 2.61. The number of carbonyl (C=O) groups excluding carboxylic acids is 2. The average Bonchev–Trinajstić information content (AvgIpc) is 3.52. The van der Waals surface area contributed by atoms with Gasteiger partial charge < -0.3 is 9.47 Å². The Kier molecular flexibility index (Phi) is 8.11. The Bertz CT molecular complexity index is 1390. The quantitative estimate of drug-likeness (QED) is 0.198. The van der Waals surface area contributed by atoms with E-state index in [4.69, 9.17) is 9.47 Å². The molecule has 0 aliphatic heterocycles. The highest BCUT2D eigenvalue weighted by Gasteiger charge is 2.21. The summed E-state index contributed by atoms with van der Waals surface area (Å²) in [6.45, 7) is -0.239. The third kappa shape index (κ3) is 5.97. The lowest BCUT2D eigenvalue weighted by Crippen LogP contribution is -2.15. The highest BCUT2D eigenvalue weighted by molar-refractivity contribution is 7.99. The molecule has 0 unspecified atom stereocenters. The summed E-state index contributed by atoms with van der Waals surface area (Å²) in [4.78, 5) is 31.4. The Labute approximate surface area is 214 Å². The second kappa shape index (κ2) is 11.4. The molecule has 0 spiro atoms. The van der Waals surface area contributed by atoms with Crippen LogP contribution in [0.4, 0.5) is 8.78 Å². The van der Waals surface area contributed by atoms with E-state index in [1.807, 2.05) is 17.5 Å². The van der Waals surface area contributed by atoms with Crippen molar-refractivity contribution in [3.05, 3.63) is 87.4 Å². The smallest absolute Gasteiger partial charge is 0.188 e. The minimum atomic E-state index is -0.569. The van der Waals surface area contributed by atoms with Crippen molar-refractivity contribution < 1.29 is 27.8 Å². The molecule has 7 nitrogen and oxygen atoms in total. The van der Waals surface area contributed by atoms with Gasteiger partial charge in [-0.15, -0.1) is 11.3 Å². The van der Waals surface area contributed by atoms with Crippen molar-refractivity contribution in [2.75, 3.05) is 20.0 Å². The van der Waals surface area contributed by atoms with Crippen molar-refractivity contribution in [1.82, 2.24) is 14.8 Å². The molecule has 0 aliphatic rings. The van der Waals surface area contributed by atoms with Crippen LogP contribution in [-0.4, -0.2) is 46.3 Å². The maximum atomic E-state index is 13.8. The summed E-state index contributed by atoms with van der Waals surface area (Å²) in [5.74, 6) is -1.05. The van der Waals surface area contributed by atoms with Gasteiger partial charge in [-0.3, -0.25) is 9.59 Å². The molecule has 2 aromatic carbocycles. The predicted octanol–water partition coefficient (Wildman–Crippen LogP) is 5.08. The largest absolute Gasteiger partial charge is 0.496 e. The highest BCUT2D eigenvalue weighted by Crippen LogP contribution is 2.26. The Morgan fingerprint density at radius 1 is 0.972 bits per heavy atom. The van der Waals surface area contributed by atoms with Gasteiger partial charge in [-0.1, -0.05) is 17.8 Å². The summed E-state index contributed by atoms with van der Waals surface area (Å²) in [5.41, 5.74) is 0.180. The van der Waals surface area contributed by atoms with Gasteiger partial charge >= 0.3 is 0 Å². The zero-order valence-corrected chi connectivity index (χ0v) is 21.0. The van der Waals surface area contributed by atoms with Crippen molar-refractivity contribution in [2.45, 2.75) is 18.1 Å². The molecule has 0 saturated heterocycles. The van der Waals surface area contributed by atoms with E-state index < -0.39 is 17.4 Å². The van der Waals surface area contributed by atoms with Gasteiger partial charge in [0.2, 0.25) is 0 Å². The molecule has 2 aromatic heterocycles. The first-order valence-electron chi connectivity index (χ1n) is 10.7. The summed E-state index contributed by atoms with van der Waals surface area (Å²) in [6, 6.07) is 11.3. The van der Waals surface area contributed by atoms with E-state index in [0.29, 0.717) is 17.4 Å². The molecule has 4 rings (SSSR count). The fraction of sp³-hybridized carbons (Fsp3) is 0.200. The van der Waals surface area contributed by atoms with Crippen LogP contribution in [0, 0.1) is 11.6 Å². The Balaban J connectivity index is 1.59. The number of aromatic nitrogens is 3. The SMILES string of the molecule is COc1ccc(F)cc1C(=O)CSc1nc(Cc2cccs2)nn1CC(=O)c1cc(F)ccc1OC. The molecule has 0 radical (unpaired) electrons. The molecule has 0 bridgehead atoms. The normalized spacial score (nSPS) is 10.9. The number of thioether (sulfide) groups is 1. The number of hydrogen-bond donors (Lipinski definition) is 0.